The van der Waals surface area contributed by atoms with Crippen LogP contribution in [0.25, 0.3) is 0 Å². The SMILES string of the molecule is COc1ccc([N+](=O)[O-])cc1NC(=O)NC(C)N1C(=O)C2C3C=CC(C3)C2C1=O. The summed E-state index contributed by atoms with van der Waals surface area (Å²) in [6.45, 7) is 1.55. The largest absolute Gasteiger partial charge is 0.495 e. The second kappa shape index (κ2) is 6.87. The summed E-state index contributed by atoms with van der Waals surface area (Å²) in [5, 5.41) is 16.0. The zero-order valence-electron chi connectivity index (χ0n) is 15.8. The molecule has 4 amide bonds. The number of rotatable bonds is 5. The molecule has 1 aliphatic heterocycles. The molecule has 10 nitrogen and oxygen atoms in total. The van der Waals surface area contributed by atoms with Crippen molar-refractivity contribution in [3.8, 4) is 5.75 Å². The van der Waals surface area contributed by atoms with Crippen LogP contribution < -0.4 is 15.4 Å². The topological polar surface area (TPSA) is 131 Å². The molecule has 2 bridgehead atoms. The fourth-order valence-electron chi connectivity index (χ4n) is 4.63. The molecule has 1 aromatic carbocycles. The van der Waals surface area contributed by atoms with Gasteiger partial charge in [-0.05, 0) is 31.2 Å². The first-order valence-electron chi connectivity index (χ1n) is 9.27. The third-order valence-corrected chi connectivity index (χ3v) is 5.87. The van der Waals surface area contributed by atoms with Crippen molar-refractivity contribution in [1.29, 1.82) is 0 Å². The number of allylic oxidation sites excluding steroid dienone is 2. The van der Waals surface area contributed by atoms with Gasteiger partial charge >= 0.3 is 6.03 Å². The molecule has 152 valence electrons. The Hall–Kier alpha value is -3.43. The number of urea groups is 1. The van der Waals surface area contributed by atoms with Gasteiger partial charge in [-0.25, -0.2) is 4.79 Å². The molecule has 4 rings (SSSR count). The van der Waals surface area contributed by atoms with Gasteiger partial charge in [0, 0.05) is 12.1 Å². The van der Waals surface area contributed by atoms with Gasteiger partial charge < -0.3 is 15.4 Å². The number of fused-ring (bicyclic) bond motifs is 5. The number of carbonyl (C=O) groups excluding carboxylic acids is 3. The van der Waals surface area contributed by atoms with Gasteiger partial charge in [0.2, 0.25) is 11.8 Å². The molecule has 1 saturated heterocycles. The summed E-state index contributed by atoms with van der Waals surface area (Å²) < 4.78 is 5.11. The normalized spacial score (nSPS) is 27.7. The zero-order chi connectivity index (χ0) is 20.9. The van der Waals surface area contributed by atoms with Crippen LogP contribution in [0.2, 0.25) is 0 Å². The predicted octanol–water partition coefficient (Wildman–Crippen LogP) is 1.88. The highest BCUT2D eigenvalue weighted by Crippen LogP contribution is 2.52. The van der Waals surface area contributed by atoms with Crippen LogP contribution >= 0.6 is 0 Å². The van der Waals surface area contributed by atoms with Gasteiger partial charge in [-0.15, -0.1) is 0 Å². The van der Waals surface area contributed by atoms with Gasteiger partial charge in [0.25, 0.3) is 5.69 Å². The molecule has 0 spiro atoms. The smallest absolute Gasteiger partial charge is 0.320 e. The molecule has 1 saturated carbocycles. The van der Waals surface area contributed by atoms with Crippen molar-refractivity contribution in [1.82, 2.24) is 10.2 Å². The van der Waals surface area contributed by atoms with Crippen molar-refractivity contribution in [3.05, 3.63) is 40.5 Å². The lowest BCUT2D eigenvalue weighted by atomic mass is 9.85. The molecule has 3 aliphatic rings. The molecule has 2 aliphatic carbocycles. The average molecular weight is 400 g/mol. The predicted molar refractivity (Wildman–Crippen MR) is 101 cm³/mol. The van der Waals surface area contributed by atoms with Crippen LogP contribution in [0.1, 0.15) is 13.3 Å². The summed E-state index contributed by atoms with van der Waals surface area (Å²) in [7, 11) is 1.37. The fourth-order valence-corrected chi connectivity index (χ4v) is 4.63. The standard InChI is InChI=1S/C19H20N4O6/c1-9(22-17(24)15-10-3-4-11(7-10)16(15)18(22)25)20-19(26)21-13-8-12(23(27)28)5-6-14(13)29-2/h3-6,8-11,15-16H,7H2,1-2H3,(H2,20,21,26). The zero-order valence-corrected chi connectivity index (χ0v) is 15.8. The summed E-state index contributed by atoms with van der Waals surface area (Å²) >= 11 is 0. The number of hydrogen-bond donors (Lipinski definition) is 2. The number of imide groups is 1. The van der Waals surface area contributed by atoms with Gasteiger partial charge in [-0.2, -0.15) is 0 Å². The number of nitrogens with one attached hydrogen (secondary N) is 2. The second-order valence-electron chi connectivity index (χ2n) is 7.46. The molecule has 10 heteroatoms. The molecule has 2 fully saturated rings. The third kappa shape index (κ3) is 3.00. The quantitative estimate of drug-likeness (QED) is 0.336. The number of likely N-dealkylation sites (tertiary alicyclic amines) is 1. The van der Waals surface area contributed by atoms with Crippen LogP contribution in [0.3, 0.4) is 0 Å². The number of ether oxygens (including phenoxy) is 1. The second-order valence-corrected chi connectivity index (χ2v) is 7.46. The summed E-state index contributed by atoms with van der Waals surface area (Å²) in [6.07, 6.45) is 3.97. The Morgan fingerprint density at radius 2 is 1.86 bits per heavy atom. The minimum absolute atomic E-state index is 0.0848. The maximum absolute atomic E-state index is 12.8. The number of carbonyl (C=O) groups is 3. The van der Waals surface area contributed by atoms with Crippen LogP contribution in [0, 0.1) is 33.8 Å². The van der Waals surface area contributed by atoms with E-state index in [1.54, 1.807) is 6.92 Å². The van der Waals surface area contributed by atoms with E-state index in [0.29, 0.717) is 0 Å². The average Bonchev–Trinajstić information content (AvgIpc) is 3.35. The Morgan fingerprint density at radius 3 is 2.41 bits per heavy atom. The molecule has 1 heterocycles. The van der Waals surface area contributed by atoms with E-state index in [4.69, 9.17) is 4.74 Å². The lowest BCUT2D eigenvalue weighted by molar-refractivity contribution is -0.384. The molecule has 29 heavy (non-hydrogen) atoms. The van der Waals surface area contributed by atoms with E-state index >= 15 is 0 Å². The molecule has 0 radical (unpaired) electrons. The molecule has 0 aromatic heterocycles. The number of nitro benzene ring substituents is 1. The fraction of sp³-hybridized carbons (Fsp3) is 0.421. The van der Waals surface area contributed by atoms with E-state index in [1.807, 2.05) is 12.2 Å². The van der Waals surface area contributed by atoms with Crippen LogP contribution in [0.4, 0.5) is 16.2 Å². The van der Waals surface area contributed by atoms with E-state index in [0.717, 1.165) is 11.3 Å². The number of amides is 4. The lowest BCUT2D eigenvalue weighted by Gasteiger charge is -2.25. The van der Waals surface area contributed by atoms with E-state index < -0.39 is 17.1 Å². The van der Waals surface area contributed by atoms with E-state index in [1.165, 1.54) is 25.3 Å². The first kappa shape index (κ1) is 18.9. The van der Waals surface area contributed by atoms with Crippen molar-refractivity contribution in [2.45, 2.75) is 19.5 Å². The number of methoxy groups -OCH3 is 1. The van der Waals surface area contributed by atoms with Gasteiger partial charge in [0.05, 0.1) is 29.6 Å². The molecule has 5 atom stereocenters. The number of benzene rings is 1. The van der Waals surface area contributed by atoms with Crippen molar-refractivity contribution >= 4 is 29.2 Å². The Morgan fingerprint density at radius 1 is 1.24 bits per heavy atom. The van der Waals surface area contributed by atoms with Crippen LogP contribution in [-0.2, 0) is 9.59 Å². The molecule has 2 N–H and O–H groups in total. The minimum Gasteiger partial charge on any atom is -0.495 e. The van der Waals surface area contributed by atoms with Gasteiger partial charge in [0.1, 0.15) is 11.9 Å². The van der Waals surface area contributed by atoms with E-state index in [2.05, 4.69) is 10.6 Å². The number of anilines is 1. The van der Waals surface area contributed by atoms with E-state index in [9.17, 15) is 24.5 Å². The monoisotopic (exact) mass is 400 g/mol. The van der Waals surface area contributed by atoms with Crippen LogP contribution in [0.5, 0.6) is 5.75 Å². The summed E-state index contributed by atoms with van der Waals surface area (Å²) in [5.74, 6) is -0.814. The van der Waals surface area contributed by atoms with Crippen molar-refractivity contribution in [3.63, 3.8) is 0 Å². The Bertz CT molecular complexity index is 915. The Labute approximate surface area is 166 Å². The summed E-state index contributed by atoms with van der Waals surface area (Å²) in [4.78, 5) is 49.5. The van der Waals surface area contributed by atoms with Gasteiger partial charge in [-0.3, -0.25) is 24.6 Å². The van der Waals surface area contributed by atoms with E-state index in [-0.39, 0.29) is 52.6 Å². The number of nitrogens with zero attached hydrogens (tertiary/aromatic N) is 2. The van der Waals surface area contributed by atoms with Gasteiger partial charge in [0.15, 0.2) is 0 Å². The Balaban J connectivity index is 1.46. The first-order chi connectivity index (χ1) is 13.8. The lowest BCUT2D eigenvalue weighted by Crippen LogP contribution is -2.51. The highest BCUT2D eigenvalue weighted by atomic mass is 16.6. The molecular formula is C19H20N4O6. The third-order valence-electron chi connectivity index (χ3n) is 5.87. The van der Waals surface area contributed by atoms with Crippen molar-refractivity contribution in [2.24, 2.45) is 23.7 Å². The van der Waals surface area contributed by atoms with Crippen LogP contribution in [-0.4, -0.2) is 40.9 Å². The minimum atomic E-state index is -0.857. The van der Waals surface area contributed by atoms with Crippen molar-refractivity contribution < 1.29 is 24.0 Å². The number of nitro groups is 1. The molecular weight excluding hydrogens is 380 g/mol. The Kier molecular flexibility index (Phi) is 4.48. The number of hydrogen-bond acceptors (Lipinski definition) is 6. The first-order valence-corrected chi connectivity index (χ1v) is 9.27. The van der Waals surface area contributed by atoms with Crippen molar-refractivity contribution in [2.75, 3.05) is 12.4 Å². The summed E-state index contributed by atoms with van der Waals surface area (Å²) in [5.41, 5.74) is -0.112. The van der Waals surface area contributed by atoms with Crippen LogP contribution in [0.15, 0.2) is 30.4 Å². The highest BCUT2D eigenvalue weighted by Gasteiger charge is 2.60. The maximum Gasteiger partial charge on any atom is 0.320 e. The highest BCUT2D eigenvalue weighted by molar-refractivity contribution is 6.07. The molecule has 1 aromatic rings. The maximum atomic E-state index is 12.8. The number of non-ortho nitro benzene ring substituents is 1. The molecule has 5 unspecified atom stereocenters. The van der Waals surface area contributed by atoms with Gasteiger partial charge in [-0.1, -0.05) is 12.2 Å². The summed E-state index contributed by atoms with van der Waals surface area (Å²) in [6, 6.07) is 3.08.